The molecule has 0 heterocycles. The van der Waals surface area contributed by atoms with Gasteiger partial charge in [0, 0.05) is 12.5 Å². The van der Waals surface area contributed by atoms with Crippen molar-refractivity contribution in [2.45, 2.75) is 206 Å². The van der Waals surface area contributed by atoms with Crippen molar-refractivity contribution in [3.8, 4) is 0 Å². The van der Waals surface area contributed by atoms with E-state index in [-0.39, 0.29) is 0 Å². The summed E-state index contributed by atoms with van der Waals surface area (Å²) in [6.45, 7) is 13.6. The number of nitrogens with one attached hydrogen (secondary N) is 1. The lowest BCUT2D eigenvalue weighted by molar-refractivity contribution is 0.0895. The van der Waals surface area contributed by atoms with Crippen LogP contribution in [0.3, 0.4) is 0 Å². The van der Waals surface area contributed by atoms with Crippen LogP contribution in [0.25, 0.3) is 0 Å². The first-order valence-electron chi connectivity index (χ1n) is 18.8. The highest BCUT2D eigenvalue weighted by molar-refractivity contribution is 4.84. The van der Waals surface area contributed by atoms with Crippen LogP contribution in [0.5, 0.6) is 0 Å². The Morgan fingerprint density at radius 3 is 1.49 bits per heavy atom. The Morgan fingerprint density at radius 2 is 1.00 bits per heavy atom. The third-order valence-corrected chi connectivity index (χ3v) is 9.04. The molecule has 0 rings (SSSR count). The molecule has 0 aromatic rings. The van der Waals surface area contributed by atoms with Crippen LogP contribution in [0, 0.1) is 0 Å². The lowest BCUT2D eigenvalue weighted by Gasteiger charge is -2.28. The number of allylic oxidation sites excluding steroid dienone is 1. The Kier molecular flexibility index (Phi) is 31.9. The third kappa shape index (κ3) is 28.0. The fourth-order valence-corrected chi connectivity index (χ4v) is 6.17. The molecule has 0 aliphatic heterocycles. The topological polar surface area (TPSA) is 24.5 Å². The van der Waals surface area contributed by atoms with Gasteiger partial charge in [0.15, 0.2) is 0 Å². The van der Waals surface area contributed by atoms with Crippen molar-refractivity contribution in [3.63, 3.8) is 0 Å². The molecule has 3 heteroatoms. The summed E-state index contributed by atoms with van der Waals surface area (Å²) in [7, 11) is 4.44. The molecule has 0 saturated heterocycles. The van der Waals surface area contributed by atoms with Gasteiger partial charge >= 0.3 is 0 Å². The Labute approximate surface area is 260 Å². The molecule has 1 atom stereocenters. The highest BCUT2D eigenvalue weighted by Gasteiger charge is 2.14. The Bertz CT molecular complexity index is 510. The highest BCUT2D eigenvalue weighted by Crippen LogP contribution is 2.22. The number of hydrogen-bond acceptors (Lipinski definition) is 3. The van der Waals surface area contributed by atoms with Crippen molar-refractivity contribution in [1.29, 1.82) is 0 Å². The number of unbranched alkanes of at least 4 members (excludes halogenated alkanes) is 17. The number of rotatable bonds is 34. The molecule has 246 valence electrons. The van der Waals surface area contributed by atoms with E-state index in [2.05, 4.69) is 51.7 Å². The lowest BCUT2D eigenvalue weighted by atomic mass is 9.98. The van der Waals surface area contributed by atoms with E-state index in [4.69, 9.17) is 4.74 Å². The standard InChI is InChI=1S/C38H78N2O/c1-7-10-13-16-17-21-24-30-37(40(6)35-28-34-39-5)31-25-22-19-18-20-23-29-36(4)41-38(32-26-14-11-8-2)33-27-15-12-9-3/h37-39H,4,7-35H2,1-3,5-6H3. The molecule has 0 aliphatic carbocycles. The van der Waals surface area contributed by atoms with Crippen LogP contribution in [0.4, 0.5) is 0 Å². The van der Waals surface area contributed by atoms with Crippen LogP contribution in [-0.4, -0.2) is 44.2 Å². The van der Waals surface area contributed by atoms with Crippen LogP contribution < -0.4 is 5.32 Å². The van der Waals surface area contributed by atoms with Crippen LogP contribution in [0.1, 0.15) is 194 Å². The molecular formula is C38H78N2O. The zero-order valence-corrected chi connectivity index (χ0v) is 29.2. The number of nitrogens with zero attached hydrogens (tertiary/aromatic N) is 1. The maximum absolute atomic E-state index is 6.40. The first kappa shape index (κ1) is 40.5. The molecule has 0 aromatic heterocycles. The number of hydrogen-bond donors (Lipinski definition) is 1. The predicted octanol–water partition coefficient (Wildman–Crippen LogP) is 12.0. The fraction of sp³-hybridized carbons (Fsp3) is 0.947. The molecular weight excluding hydrogens is 500 g/mol. The maximum Gasteiger partial charge on any atom is 0.0982 e. The van der Waals surface area contributed by atoms with Crippen molar-refractivity contribution in [3.05, 3.63) is 12.3 Å². The van der Waals surface area contributed by atoms with Crippen LogP contribution in [-0.2, 0) is 4.74 Å². The summed E-state index contributed by atoms with van der Waals surface area (Å²) >= 11 is 0. The molecule has 0 aliphatic rings. The summed E-state index contributed by atoms with van der Waals surface area (Å²) < 4.78 is 6.40. The van der Waals surface area contributed by atoms with Crippen LogP contribution in [0.2, 0.25) is 0 Å². The van der Waals surface area contributed by atoms with Crippen molar-refractivity contribution in [1.82, 2.24) is 10.2 Å². The first-order chi connectivity index (χ1) is 20.1. The molecule has 0 aromatic carbocycles. The van der Waals surface area contributed by atoms with Gasteiger partial charge in [-0.1, -0.05) is 143 Å². The van der Waals surface area contributed by atoms with E-state index in [1.54, 1.807) is 0 Å². The molecule has 0 fully saturated rings. The summed E-state index contributed by atoms with van der Waals surface area (Å²) in [5, 5.41) is 3.32. The van der Waals surface area contributed by atoms with Crippen LogP contribution >= 0.6 is 0 Å². The van der Waals surface area contributed by atoms with Crippen molar-refractivity contribution in [2.24, 2.45) is 0 Å². The Morgan fingerprint density at radius 1 is 0.585 bits per heavy atom. The first-order valence-corrected chi connectivity index (χ1v) is 18.8. The molecule has 0 bridgehead atoms. The van der Waals surface area contributed by atoms with Gasteiger partial charge in [0.1, 0.15) is 0 Å². The van der Waals surface area contributed by atoms with Gasteiger partial charge in [-0.15, -0.1) is 0 Å². The summed E-state index contributed by atoms with van der Waals surface area (Å²) in [4.78, 5) is 2.67. The third-order valence-electron chi connectivity index (χ3n) is 9.04. The Balaban J connectivity index is 4.15. The Hall–Kier alpha value is -0.540. The minimum atomic E-state index is 0.404. The highest BCUT2D eigenvalue weighted by atomic mass is 16.5. The van der Waals surface area contributed by atoms with Crippen molar-refractivity contribution < 1.29 is 4.74 Å². The second-order valence-electron chi connectivity index (χ2n) is 13.1. The quantitative estimate of drug-likeness (QED) is 0.0607. The molecule has 1 N–H and O–H groups in total. The zero-order valence-electron chi connectivity index (χ0n) is 29.2. The van der Waals surface area contributed by atoms with Gasteiger partial charge in [-0.05, 0) is 78.6 Å². The molecule has 3 nitrogen and oxygen atoms in total. The summed E-state index contributed by atoms with van der Waals surface area (Å²) in [6.07, 6.45) is 36.6. The van der Waals surface area contributed by atoms with Crippen molar-refractivity contribution >= 4 is 0 Å². The van der Waals surface area contributed by atoms with E-state index < -0.39 is 0 Å². The fourth-order valence-electron chi connectivity index (χ4n) is 6.17. The smallest absolute Gasteiger partial charge is 0.0982 e. The summed E-state index contributed by atoms with van der Waals surface area (Å²) in [5.74, 6) is 1.05. The van der Waals surface area contributed by atoms with Crippen molar-refractivity contribution in [2.75, 3.05) is 27.2 Å². The van der Waals surface area contributed by atoms with Gasteiger partial charge in [-0.3, -0.25) is 0 Å². The van der Waals surface area contributed by atoms with Gasteiger partial charge in [0.05, 0.1) is 11.9 Å². The molecule has 0 amide bonds. The molecule has 0 saturated carbocycles. The zero-order chi connectivity index (χ0) is 30.2. The molecule has 41 heavy (non-hydrogen) atoms. The van der Waals surface area contributed by atoms with Gasteiger partial charge in [-0.2, -0.15) is 0 Å². The van der Waals surface area contributed by atoms with Gasteiger partial charge in [0.2, 0.25) is 0 Å². The van der Waals surface area contributed by atoms with Gasteiger partial charge in [0.25, 0.3) is 0 Å². The minimum Gasteiger partial charge on any atom is -0.495 e. The van der Waals surface area contributed by atoms with Gasteiger partial charge in [-0.25, -0.2) is 0 Å². The summed E-state index contributed by atoms with van der Waals surface area (Å²) in [5.41, 5.74) is 0. The van der Waals surface area contributed by atoms with E-state index >= 15 is 0 Å². The average Bonchev–Trinajstić information content (AvgIpc) is 2.97. The molecule has 0 spiro atoms. The van der Waals surface area contributed by atoms with E-state index in [9.17, 15) is 0 Å². The summed E-state index contributed by atoms with van der Waals surface area (Å²) in [6, 6.07) is 0.778. The molecule has 0 radical (unpaired) electrons. The van der Waals surface area contributed by atoms with E-state index in [1.807, 2.05) is 0 Å². The average molecular weight is 579 g/mol. The molecule has 1 unspecified atom stereocenters. The normalized spacial score (nSPS) is 12.5. The predicted molar refractivity (Wildman–Crippen MR) is 186 cm³/mol. The SMILES string of the molecule is C=C(CCCCCCCCC(CCCCCCCCC)N(C)CCCNC)OC(CCCCCC)CCCCCC. The second kappa shape index (κ2) is 32.4. The van der Waals surface area contributed by atoms with E-state index in [0.717, 1.165) is 24.8 Å². The second-order valence-corrected chi connectivity index (χ2v) is 13.1. The minimum absolute atomic E-state index is 0.404. The lowest BCUT2D eigenvalue weighted by Crippen LogP contribution is -2.33. The van der Waals surface area contributed by atoms with E-state index in [1.165, 1.54) is 173 Å². The van der Waals surface area contributed by atoms with Crippen LogP contribution in [0.15, 0.2) is 12.3 Å². The van der Waals surface area contributed by atoms with E-state index in [0.29, 0.717) is 6.10 Å². The van der Waals surface area contributed by atoms with Gasteiger partial charge < -0.3 is 15.0 Å². The number of ether oxygens (including phenoxy) is 1. The maximum atomic E-state index is 6.40. The monoisotopic (exact) mass is 579 g/mol. The largest absolute Gasteiger partial charge is 0.495 e.